The van der Waals surface area contributed by atoms with Gasteiger partial charge in [-0.3, -0.25) is 0 Å². The second-order valence-electron chi connectivity index (χ2n) is 3.49. The van der Waals surface area contributed by atoms with Crippen molar-refractivity contribution in [3.05, 3.63) is 0 Å². The molecule has 0 aliphatic carbocycles. The van der Waals surface area contributed by atoms with E-state index in [1.165, 1.54) is 4.31 Å². The number of ether oxygens (including phenoxy) is 1. The SMILES string of the molecule is CCCCN(CCO)S(=O)(=O)CCOCC. The summed E-state index contributed by atoms with van der Waals surface area (Å²) in [6, 6.07) is 0. The number of nitrogens with zero attached hydrogens (tertiary/aromatic N) is 1. The van der Waals surface area contributed by atoms with E-state index in [-0.39, 0.29) is 25.5 Å². The zero-order chi connectivity index (χ0) is 12.4. The molecule has 0 atom stereocenters. The van der Waals surface area contributed by atoms with Gasteiger partial charge < -0.3 is 9.84 Å². The van der Waals surface area contributed by atoms with E-state index < -0.39 is 10.0 Å². The molecule has 0 bridgehead atoms. The van der Waals surface area contributed by atoms with Crippen LogP contribution in [0.15, 0.2) is 0 Å². The van der Waals surface area contributed by atoms with Crippen molar-refractivity contribution in [3.63, 3.8) is 0 Å². The lowest BCUT2D eigenvalue weighted by atomic mass is 10.3. The molecule has 0 heterocycles. The van der Waals surface area contributed by atoms with E-state index in [9.17, 15) is 8.42 Å². The Balaban J connectivity index is 4.25. The molecule has 0 spiro atoms. The fourth-order valence-corrected chi connectivity index (χ4v) is 2.63. The maximum atomic E-state index is 11.8. The van der Waals surface area contributed by atoms with Gasteiger partial charge in [-0.05, 0) is 13.3 Å². The van der Waals surface area contributed by atoms with Crippen molar-refractivity contribution >= 4 is 10.0 Å². The van der Waals surface area contributed by atoms with E-state index in [1.807, 2.05) is 13.8 Å². The number of sulfonamides is 1. The lowest BCUT2D eigenvalue weighted by Crippen LogP contribution is -2.37. The van der Waals surface area contributed by atoms with Crippen molar-refractivity contribution in [1.29, 1.82) is 0 Å². The number of unbranched alkanes of at least 4 members (excludes halogenated alkanes) is 1. The van der Waals surface area contributed by atoms with Crippen molar-refractivity contribution in [1.82, 2.24) is 4.31 Å². The second kappa shape index (κ2) is 8.92. The summed E-state index contributed by atoms with van der Waals surface area (Å²) in [4.78, 5) is 0. The number of hydrogen-bond donors (Lipinski definition) is 1. The third-order valence-electron chi connectivity index (χ3n) is 2.19. The minimum absolute atomic E-state index is 0.00937. The van der Waals surface area contributed by atoms with Gasteiger partial charge in [0.1, 0.15) is 0 Å². The molecule has 0 radical (unpaired) electrons. The highest BCUT2D eigenvalue weighted by atomic mass is 32.2. The predicted octanol–water partition coefficient (Wildman–Crippen LogP) is 0.447. The number of rotatable bonds is 10. The highest BCUT2D eigenvalue weighted by Crippen LogP contribution is 2.04. The van der Waals surface area contributed by atoms with Crippen LogP contribution in [0, 0.1) is 0 Å². The smallest absolute Gasteiger partial charge is 0.216 e. The van der Waals surface area contributed by atoms with E-state index in [2.05, 4.69) is 0 Å². The molecular formula is C10H23NO4S. The summed E-state index contributed by atoms with van der Waals surface area (Å²) >= 11 is 0. The summed E-state index contributed by atoms with van der Waals surface area (Å²) in [5, 5.41) is 8.83. The standard InChI is InChI=1S/C10H23NO4S/c1-3-5-6-11(7-8-12)16(13,14)10-9-15-4-2/h12H,3-10H2,1-2H3. The molecule has 0 saturated heterocycles. The van der Waals surface area contributed by atoms with Crippen molar-refractivity contribution < 1.29 is 18.3 Å². The molecule has 0 aromatic rings. The van der Waals surface area contributed by atoms with Crippen LogP contribution in [0.3, 0.4) is 0 Å². The first kappa shape index (κ1) is 15.8. The quantitative estimate of drug-likeness (QED) is 0.574. The molecule has 0 amide bonds. The first-order chi connectivity index (χ1) is 7.58. The van der Waals surface area contributed by atoms with Crippen molar-refractivity contribution in [2.24, 2.45) is 0 Å². The van der Waals surface area contributed by atoms with E-state index in [4.69, 9.17) is 9.84 Å². The molecule has 0 saturated carbocycles. The van der Waals surface area contributed by atoms with Crippen LogP contribution < -0.4 is 0 Å². The Morgan fingerprint density at radius 3 is 2.44 bits per heavy atom. The zero-order valence-corrected chi connectivity index (χ0v) is 11.0. The molecule has 6 heteroatoms. The van der Waals surface area contributed by atoms with E-state index in [1.54, 1.807) is 0 Å². The summed E-state index contributed by atoms with van der Waals surface area (Å²) in [6.45, 7) is 5.08. The molecule has 16 heavy (non-hydrogen) atoms. The van der Waals surface area contributed by atoms with Crippen LogP contribution in [0.2, 0.25) is 0 Å². The van der Waals surface area contributed by atoms with Gasteiger partial charge in [-0.15, -0.1) is 0 Å². The average molecular weight is 253 g/mol. The lowest BCUT2D eigenvalue weighted by Gasteiger charge is -2.20. The van der Waals surface area contributed by atoms with Crippen LogP contribution in [0.5, 0.6) is 0 Å². The molecule has 0 unspecified atom stereocenters. The summed E-state index contributed by atoms with van der Waals surface area (Å²) in [5.74, 6) is -0.00937. The number of aliphatic hydroxyl groups excluding tert-OH is 1. The largest absolute Gasteiger partial charge is 0.395 e. The Bertz CT molecular complexity index is 254. The molecule has 0 aromatic heterocycles. The topological polar surface area (TPSA) is 66.8 Å². The molecule has 0 fully saturated rings. The minimum Gasteiger partial charge on any atom is -0.395 e. The first-order valence-corrected chi connectivity index (χ1v) is 7.35. The fourth-order valence-electron chi connectivity index (χ4n) is 1.27. The molecule has 0 aliphatic rings. The van der Waals surface area contributed by atoms with Gasteiger partial charge in [-0.1, -0.05) is 13.3 Å². The van der Waals surface area contributed by atoms with Crippen molar-refractivity contribution in [2.45, 2.75) is 26.7 Å². The van der Waals surface area contributed by atoms with Gasteiger partial charge in [0, 0.05) is 19.7 Å². The van der Waals surface area contributed by atoms with Crippen molar-refractivity contribution in [3.8, 4) is 0 Å². The Morgan fingerprint density at radius 1 is 1.25 bits per heavy atom. The molecule has 0 rings (SSSR count). The average Bonchev–Trinajstić information content (AvgIpc) is 2.24. The van der Waals surface area contributed by atoms with E-state index in [0.29, 0.717) is 13.2 Å². The van der Waals surface area contributed by atoms with Crippen LogP contribution in [-0.2, 0) is 14.8 Å². The lowest BCUT2D eigenvalue weighted by molar-refractivity contribution is 0.162. The van der Waals surface area contributed by atoms with Crippen molar-refractivity contribution in [2.75, 3.05) is 38.7 Å². The summed E-state index contributed by atoms with van der Waals surface area (Å²) in [5.41, 5.74) is 0. The summed E-state index contributed by atoms with van der Waals surface area (Å²) in [6.07, 6.45) is 1.75. The highest BCUT2D eigenvalue weighted by Gasteiger charge is 2.20. The molecule has 5 nitrogen and oxygen atoms in total. The Hall–Kier alpha value is -0.170. The number of aliphatic hydroxyl groups is 1. The first-order valence-electron chi connectivity index (χ1n) is 5.74. The molecule has 0 aromatic carbocycles. The highest BCUT2D eigenvalue weighted by molar-refractivity contribution is 7.89. The zero-order valence-electron chi connectivity index (χ0n) is 10.2. The van der Waals surface area contributed by atoms with Crippen LogP contribution in [0.1, 0.15) is 26.7 Å². The normalized spacial score (nSPS) is 12.2. The Labute approximate surface area is 98.5 Å². The maximum absolute atomic E-state index is 11.8. The Kier molecular flexibility index (Phi) is 8.83. The maximum Gasteiger partial charge on any atom is 0.216 e. The van der Waals surface area contributed by atoms with Crippen LogP contribution in [0.25, 0.3) is 0 Å². The van der Waals surface area contributed by atoms with Gasteiger partial charge in [-0.25, -0.2) is 8.42 Å². The van der Waals surface area contributed by atoms with E-state index in [0.717, 1.165) is 12.8 Å². The molecule has 1 N–H and O–H groups in total. The number of hydrogen-bond acceptors (Lipinski definition) is 4. The van der Waals surface area contributed by atoms with Crippen LogP contribution in [0.4, 0.5) is 0 Å². The summed E-state index contributed by atoms with van der Waals surface area (Å²) in [7, 11) is -3.28. The third-order valence-corrected chi connectivity index (χ3v) is 4.03. The van der Waals surface area contributed by atoms with E-state index >= 15 is 0 Å². The minimum atomic E-state index is -3.28. The fraction of sp³-hybridized carbons (Fsp3) is 1.00. The molecule has 0 aliphatic heterocycles. The van der Waals surface area contributed by atoms with Gasteiger partial charge in [-0.2, -0.15) is 4.31 Å². The van der Waals surface area contributed by atoms with Gasteiger partial charge in [0.05, 0.1) is 19.0 Å². The van der Waals surface area contributed by atoms with Crippen LogP contribution in [-0.4, -0.2) is 56.5 Å². The van der Waals surface area contributed by atoms with Crippen LogP contribution >= 0.6 is 0 Å². The summed E-state index contributed by atoms with van der Waals surface area (Å²) < 4.78 is 30.0. The van der Waals surface area contributed by atoms with Gasteiger partial charge in [0.15, 0.2) is 0 Å². The Morgan fingerprint density at radius 2 is 1.94 bits per heavy atom. The van der Waals surface area contributed by atoms with Gasteiger partial charge >= 0.3 is 0 Å². The monoisotopic (exact) mass is 253 g/mol. The van der Waals surface area contributed by atoms with Gasteiger partial charge in [0.2, 0.25) is 10.0 Å². The molecular weight excluding hydrogens is 230 g/mol. The third kappa shape index (κ3) is 6.42. The predicted molar refractivity (Wildman–Crippen MR) is 63.8 cm³/mol. The molecule has 98 valence electrons. The second-order valence-corrected chi connectivity index (χ2v) is 5.58. The van der Waals surface area contributed by atoms with Gasteiger partial charge in [0.25, 0.3) is 0 Å².